The molecule has 0 aliphatic rings. The molecule has 0 spiro atoms. The maximum atomic E-state index is 11.5. The molecular weight excluding hydrogens is 316 g/mol. The van der Waals surface area contributed by atoms with Gasteiger partial charge in [0.2, 0.25) is 0 Å². The molecule has 4 heteroatoms. The summed E-state index contributed by atoms with van der Waals surface area (Å²) in [7, 11) is 0. The van der Waals surface area contributed by atoms with E-state index in [0.29, 0.717) is 24.4 Å². The van der Waals surface area contributed by atoms with Crippen LogP contribution in [-0.2, 0) is 0 Å². The number of allylic oxidation sites excluding steroid dienone is 1. The lowest BCUT2D eigenvalue weighted by atomic mass is 9.73. The van der Waals surface area contributed by atoms with Gasteiger partial charge in [-0.25, -0.2) is 4.79 Å². The molecule has 0 aliphatic carbocycles. The predicted molar refractivity (Wildman–Crippen MR) is 101 cm³/mol. The molecule has 0 radical (unpaired) electrons. The highest BCUT2D eigenvalue weighted by Crippen LogP contribution is 2.38. The van der Waals surface area contributed by atoms with Crippen molar-refractivity contribution in [2.45, 2.75) is 47.5 Å². The molecule has 0 bridgehead atoms. The van der Waals surface area contributed by atoms with E-state index in [-0.39, 0.29) is 22.2 Å². The lowest BCUT2D eigenvalue weighted by Crippen LogP contribution is -2.29. The monoisotopic (exact) mass is 344 g/mol. The lowest BCUT2D eigenvalue weighted by molar-refractivity contribution is 0.110. The fourth-order valence-corrected chi connectivity index (χ4v) is 3.64. The van der Waals surface area contributed by atoms with Crippen LogP contribution < -0.4 is 10.4 Å². The molecule has 1 heterocycles. The van der Waals surface area contributed by atoms with Crippen LogP contribution in [0.2, 0.25) is 0 Å². The molecule has 4 nitrogen and oxygen atoms in total. The van der Waals surface area contributed by atoms with Crippen molar-refractivity contribution in [3.63, 3.8) is 0 Å². The summed E-state index contributed by atoms with van der Waals surface area (Å²) in [6.07, 6.45) is 1.44. The minimum absolute atomic E-state index is 0.0635. The van der Waals surface area contributed by atoms with Crippen molar-refractivity contribution in [1.29, 1.82) is 0 Å². The lowest BCUT2D eigenvalue weighted by Gasteiger charge is -2.34. The minimum atomic E-state index is -0.353. The predicted octanol–water partition coefficient (Wildman–Crippen LogP) is 5.38. The number of fused-ring (bicyclic) bond motifs is 1. The molecule has 1 N–H and O–H groups in total. The van der Waals surface area contributed by atoms with Crippen LogP contribution in [0.15, 0.2) is 45.8 Å². The summed E-state index contributed by atoms with van der Waals surface area (Å²) >= 11 is 0. The van der Waals surface area contributed by atoms with Gasteiger partial charge in [-0.2, -0.15) is 0 Å². The van der Waals surface area contributed by atoms with Gasteiger partial charge in [-0.05, 0) is 41.9 Å². The van der Waals surface area contributed by atoms with Gasteiger partial charge in [0.25, 0.3) is 0 Å². The van der Waals surface area contributed by atoms with Crippen molar-refractivity contribution in [1.82, 2.24) is 0 Å². The molecule has 0 atom stereocenters. The molecule has 2 aromatic rings. The molecule has 0 saturated carbocycles. The number of hydrogen-bond acceptors (Lipinski definition) is 4. The van der Waals surface area contributed by atoms with E-state index in [2.05, 4.69) is 34.3 Å². The van der Waals surface area contributed by atoms with Gasteiger partial charge in [-0.15, -0.1) is 0 Å². The van der Waals surface area contributed by atoms with Gasteiger partial charge in [0.05, 0.1) is 12.4 Å². The summed E-state index contributed by atoms with van der Waals surface area (Å²) in [5.74, 6) is 0.889. The van der Waals surface area contributed by atoms with E-state index in [4.69, 9.17) is 9.15 Å². The second-order valence-corrected chi connectivity index (χ2v) is 8.44. The van der Waals surface area contributed by atoms with Crippen molar-refractivity contribution >= 4 is 11.0 Å². The largest absolute Gasteiger partial charge is 0.513 e. The first-order valence-electron chi connectivity index (χ1n) is 8.52. The van der Waals surface area contributed by atoms with Crippen molar-refractivity contribution in [2.75, 3.05) is 6.61 Å². The number of benzene rings is 1. The number of aryl methyl sites for hydroxylation is 1. The van der Waals surface area contributed by atoms with E-state index in [1.54, 1.807) is 6.07 Å². The molecule has 1 aromatic carbocycles. The number of ether oxygens (including phenoxy) is 1. The smallest absolute Gasteiger partial charge is 0.336 e. The molecule has 1 aromatic heterocycles. The molecule has 0 unspecified atom stereocenters. The molecular formula is C21H28O4. The Morgan fingerprint density at radius 3 is 2.52 bits per heavy atom. The summed E-state index contributed by atoms with van der Waals surface area (Å²) < 4.78 is 11.2. The fourth-order valence-electron chi connectivity index (χ4n) is 3.64. The zero-order valence-corrected chi connectivity index (χ0v) is 15.8. The van der Waals surface area contributed by atoms with Crippen LogP contribution in [0.5, 0.6) is 5.75 Å². The van der Waals surface area contributed by atoms with Gasteiger partial charge in [0.1, 0.15) is 11.3 Å². The SMILES string of the molecule is C=C(O)CC(C)(C)CC(C)(C)COc1ccc2c(C)cc(=O)oc2c1. The minimum Gasteiger partial charge on any atom is -0.513 e. The Bertz CT molecular complexity index is 827. The van der Waals surface area contributed by atoms with Gasteiger partial charge in [0, 0.05) is 23.9 Å². The van der Waals surface area contributed by atoms with Crippen molar-refractivity contribution in [2.24, 2.45) is 10.8 Å². The third-order valence-corrected chi connectivity index (χ3v) is 4.19. The number of rotatable bonds is 7. The molecule has 2 rings (SSSR count). The zero-order chi connectivity index (χ0) is 18.8. The van der Waals surface area contributed by atoms with Gasteiger partial charge < -0.3 is 14.3 Å². The van der Waals surface area contributed by atoms with E-state index >= 15 is 0 Å². The molecule has 0 saturated heterocycles. The summed E-state index contributed by atoms with van der Waals surface area (Å²) in [5.41, 5.74) is 0.933. The highest BCUT2D eigenvalue weighted by atomic mass is 16.5. The number of aliphatic hydroxyl groups is 1. The zero-order valence-electron chi connectivity index (χ0n) is 15.8. The molecule has 136 valence electrons. The van der Waals surface area contributed by atoms with Crippen LogP contribution in [0.1, 0.15) is 46.1 Å². The van der Waals surface area contributed by atoms with Crippen LogP contribution in [0.3, 0.4) is 0 Å². The second kappa shape index (κ2) is 6.95. The first-order chi connectivity index (χ1) is 11.5. The van der Waals surface area contributed by atoms with E-state index in [1.807, 2.05) is 19.1 Å². The Kier molecular flexibility index (Phi) is 5.31. The van der Waals surface area contributed by atoms with Gasteiger partial charge in [-0.3, -0.25) is 0 Å². The Morgan fingerprint density at radius 1 is 1.20 bits per heavy atom. The number of hydrogen-bond donors (Lipinski definition) is 1. The summed E-state index contributed by atoms with van der Waals surface area (Å²) in [6.45, 7) is 14.5. The van der Waals surface area contributed by atoms with Crippen LogP contribution in [-0.4, -0.2) is 11.7 Å². The Morgan fingerprint density at radius 2 is 1.88 bits per heavy atom. The van der Waals surface area contributed by atoms with E-state index < -0.39 is 0 Å². The summed E-state index contributed by atoms with van der Waals surface area (Å²) in [5, 5.41) is 10.4. The summed E-state index contributed by atoms with van der Waals surface area (Å²) in [6, 6.07) is 7.06. The Hall–Kier alpha value is -2.23. The highest BCUT2D eigenvalue weighted by Gasteiger charge is 2.30. The third kappa shape index (κ3) is 5.38. The summed E-state index contributed by atoms with van der Waals surface area (Å²) in [4.78, 5) is 11.5. The number of aliphatic hydroxyl groups excluding tert-OH is 1. The average molecular weight is 344 g/mol. The second-order valence-electron chi connectivity index (χ2n) is 8.44. The van der Waals surface area contributed by atoms with Gasteiger partial charge >= 0.3 is 5.63 Å². The third-order valence-electron chi connectivity index (χ3n) is 4.19. The molecule has 25 heavy (non-hydrogen) atoms. The Labute approximate surface area is 149 Å². The van der Waals surface area contributed by atoms with Crippen LogP contribution in [0, 0.1) is 17.8 Å². The standard InChI is InChI=1S/C21H28O4/c1-14-9-19(23)25-18-10-16(7-8-17(14)18)24-13-21(5,6)12-20(3,4)11-15(2)22/h7-10,22H,2,11-13H2,1,3-6H3. The maximum Gasteiger partial charge on any atom is 0.336 e. The first kappa shape index (κ1) is 19.1. The highest BCUT2D eigenvalue weighted by molar-refractivity contribution is 5.81. The molecule has 0 fully saturated rings. The van der Waals surface area contributed by atoms with Crippen LogP contribution in [0.4, 0.5) is 0 Å². The normalized spacial score (nSPS) is 12.4. The van der Waals surface area contributed by atoms with Crippen molar-refractivity contribution in [3.05, 3.63) is 52.6 Å². The maximum absolute atomic E-state index is 11.5. The van der Waals surface area contributed by atoms with Crippen LogP contribution >= 0.6 is 0 Å². The quantitative estimate of drug-likeness (QED) is 0.541. The van der Waals surface area contributed by atoms with Gasteiger partial charge in [-0.1, -0.05) is 34.3 Å². The van der Waals surface area contributed by atoms with E-state index in [9.17, 15) is 9.90 Å². The molecule has 0 aliphatic heterocycles. The van der Waals surface area contributed by atoms with E-state index in [1.165, 1.54) is 6.07 Å². The average Bonchev–Trinajstić information content (AvgIpc) is 2.41. The topological polar surface area (TPSA) is 59.7 Å². The van der Waals surface area contributed by atoms with Gasteiger partial charge in [0.15, 0.2) is 0 Å². The van der Waals surface area contributed by atoms with Crippen molar-refractivity contribution < 1.29 is 14.3 Å². The molecule has 0 amide bonds. The van der Waals surface area contributed by atoms with Crippen molar-refractivity contribution in [3.8, 4) is 5.75 Å². The fraction of sp³-hybridized carbons (Fsp3) is 0.476. The van der Waals surface area contributed by atoms with Crippen LogP contribution in [0.25, 0.3) is 11.0 Å². The van der Waals surface area contributed by atoms with E-state index in [0.717, 1.165) is 17.4 Å². The Balaban J connectivity index is 2.10. The first-order valence-corrected chi connectivity index (χ1v) is 8.52.